The van der Waals surface area contributed by atoms with Crippen molar-refractivity contribution in [2.75, 3.05) is 52.7 Å². The maximum Gasteiger partial charge on any atom is 0.0701 e. The molecule has 0 saturated carbocycles. The molecule has 0 aliphatic heterocycles. The molecule has 1 N–H and O–H groups in total. The van der Waals surface area contributed by atoms with Gasteiger partial charge in [-0.15, -0.1) is 0 Å². The van der Waals surface area contributed by atoms with Gasteiger partial charge in [0.15, 0.2) is 0 Å². The third kappa shape index (κ3) is 17.8. The molecule has 4 nitrogen and oxygen atoms in total. The maximum atomic E-state index is 5.48. The van der Waals surface area contributed by atoms with E-state index < -0.39 is 0 Å². The Morgan fingerprint density at radius 1 is 0.550 bits per heavy atom. The van der Waals surface area contributed by atoms with E-state index in [1.807, 2.05) is 0 Å². The van der Waals surface area contributed by atoms with Gasteiger partial charge in [0.1, 0.15) is 0 Å². The number of unbranched alkanes of at least 4 members (excludes halogenated alkanes) is 4. The van der Waals surface area contributed by atoms with E-state index >= 15 is 0 Å². The van der Waals surface area contributed by atoms with E-state index in [-0.39, 0.29) is 0 Å². The molecule has 0 spiro atoms. The van der Waals surface area contributed by atoms with E-state index in [0.717, 1.165) is 32.7 Å². The van der Waals surface area contributed by atoms with Crippen molar-refractivity contribution in [1.29, 1.82) is 0 Å². The molecule has 0 aromatic carbocycles. The van der Waals surface area contributed by atoms with Crippen molar-refractivity contribution in [3.63, 3.8) is 0 Å². The first-order valence-electron chi connectivity index (χ1n) is 8.35. The largest absolute Gasteiger partial charge is 0.379 e. The summed E-state index contributed by atoms with van der Waals surface area (Å²) in [7, 11) is 0. The fourth-order valence-corrected chi connectivity index (χ4v) is 1.73. The van der Waals surface area contributed by atoms with Gasteiger partial charge in [-0.3, -0.25) is 0 Å². The first-order chi connectivity index (χ1) is 9.91. The van der Waals surface area contributed by atoms with Crippen molar-refractivity contribution in [1.82, 2.24) is 5.32 Å². The van der Waals surface area contributed by atoms with E-state index in [1.54, 1.807) is 0 Å². The molecule has 0 aromatic rings. The maximum absolute atomic E-state index is 5.48. The average molecular weight is 289 g/mol. The summed E-state index contributed by atoms with van der Waals surface area (Å²) in [4.78, 5) is 0. The standard InChI is InChI=1S/C16H35NO3/c1-3-5-7-8-9-17-10-12-19-14-16-20-15-13-18-11-6-4-2/h17H,3-16H2,1-2H3. The highest BCUT2D eigenvalue weighted by molar-refractivity contribution is 4.48. The van der Waals surface area contributed by atoms with Crippen LogP contribution in [0.2, 0.25) is 0 Å². The van der Waals surface area contributed by atoms with Gasteiger partial charge in [-0.05, 0) is 19.4 Å². The highest BCUT2D eigenvalue weighted by atomic mass is 16.5. The third-order valence-corrected chi connectivity index (χ3v) is 3.02. The van der Waals surface area contributed by atoms with E-state index in [2.05, 4.69) is 19.2 Å². The van der Waals surface area contributed by atoms with Crippen LogP contribution in [0.1, 0.15) is 52.4 Å². The second-order valence-electron chi connectivity index (χ2n) is 5.00. The van der Waals surface area contributed by atoms with Crippen molar-refractivity contribution < 1.29 is 14.2 Å². The summed E-state index contributed by atoms with van der Waals surface area (Å²) in [6.07, 6.45) is 7.56. The van der Waals surface area contributed by atoms with Crippen LogP contribution in [0.4, 0.5) is 0 Å². The van der Waals surface area contributed by atoms with E-state index in [9.17, 15) is 0 Å². The van der Waals surface area contributed by atoms with Crippen molar-refractivity contribution in [3.8, 4) is 0 Å². The van der Waals surface area contributed by atoms with Gasteiger partial charge < -0.3 is 19.5 Å². The van der Waals surface area contributed by atoms with Gasteiger partial charge in [0, 0.05) is 13.2 Å². The lowest BCUT2D eigenvalue weighted by molar-refractivity contribution is 0.0147. The minimum Gasteiger partial charge on any atom is -0.379 e. The number of hydrogen-bond acceptors (Lipinski definition) is 4. The summed E-state index contributed by atoms with van der Waals surface area (Å²) < 4.78 is 16.3. The lowest BCUT2D eigenvalue weighted by atomic mass is 10.2. The lowest BCUT2D eigenvalue weighted by Crippen LogP contribution is -2.21. The van der Waals surface area contributed by atoms with Gasteiger partial charge in [-0.2, -0.15) is 0 Å². The Morgan fingerprint density at radius 3 is 1.80 bits per heavy atom. The van der Waals surface area contributed by atoms with Crippen LogP contribution in [0.15, 0.2) is 0 Å². The Balaban J connectivity index is 2.89. The van der Waals surface area contributed by atoms with Crippen LogP contribution in [0, 0.1) is 0 Å². The fourth-order valence-electron chi connectivity index (χ4n) is 1.73. The highest BCUT2D eigenvalue weighted by Gasteiger charge is 1.92. The molecule has 0 bridgehead atoms. The summed E-state index contributed by atoms with van der Waals surface area (Å²) in [6.45, 7) is 10.8. The first-order valence-corrected chi connectivity index (χ1v) is 8.35. The van der Waals surface area contributed by atoms with Gasteiger partial charge in [0.05, 0.1) is 33.0 Å². The molecule has 0 aliphatic rings. The van der Waals surface area contributed by atoms with Crippen LogP contribution >= 0.6 is 0 Å². The molecule has 0 radical (unpaired) electrons. The molecule has 4 heteroatoms. The topological polar surface area (TPSA) is 39.7 Å². The van der Waals surface area contributed by atoms with Crippen molar-refractivity contribution in [2.45, 2.75) is 52.4 Å². The quantitative estimate of drug-likeness (QED) is 0.418. The molecular formula is C16H35NO3. The van der Waals surface area contributed by atoms with Gasteiger partial charge in [-0.25, -0.2) is 0 Å². The van der Waals surface area contributed by atoms with Gasteiger partial charge >= 0.3 is 0 Å². The van der Waals surface area contributed by atoms with Crippen LogP contribution in [-0.2, 0) is 14.2 Å². The van der Waals surface area contributed by atoms with Gasteiger partial charge in [0.2, 0.25) is 0 Å². The number of nitrogens with one attached hydrogen (secondary N) is 1. The smallest absolute Gasteiger partial charge is 0.0701 e. The summed E-state index contributed by atoms with van der Waals surface area (Å²) >= 11 is 0. The molecule has 0 aromatic heterocycles. The third-order valence-electron chi connectivity index (χ3n) is 3.02. The fraction of sp³-hybridized carbons (Fsp3) is 1.00. The van der Waals surface area contributed by atoms with Crippen molar-refractivity contribution >= 4 is 0 Å². The zero-order chi connectivity index (χ0) is 14.7. The summed E-state index contributed by atoms with van der Waals surface area (Å²) in [5.74, 6) is 0. The molecule has 20 heavy (non-hydrogen) atoms. The zero-order valence-corrected chi connectivity index (χ0v) is 13.6. The Kier molecular flexibility index (Phi) is 18.7. The summed E-state index contributed by atoms with van der Waals surface area (Å²) in [6, 6.07) is 0. The average Bonchev–Trinajstić information content (AvgIpc) is 2.47. The molecule has 0 aliphatic carbocycles. The summed E-state index contributed by atoms with van der Waals surface area (Å²) in [5, 5.41) is 3.39. The SMILES string of the molecule is CCCCCCNCCOCCOCCOCCCC. The van der Waals surface area contributed by atoms with E-state index in [1.165, 1.54) is 32.1 Å². The number of hydrogen-bond donors (Lipinski definition) is 1. The van der Waals surface area contributed by atoms with Crippen molar-refractivity contribution in [2.24, 2.45) is 0 Å². The van der Waals surface area contributed by atoms with Gasteiger partial charge in [-0.1, -0.05) is 39.5 Å². The lowest BCUT2D eigenvalue weighted by Gasteiger charge is -2.07. The predicted molar refractivity (Wildman–Crippen MR) is 84.4 cm³/mol. The molecule has 0 rings (SSSR count). The predicted octanol–water partition coefficient (Wildman–Crippen LogP) is 3.01. The van der Waals surface area contributed by atoms with Crippen LogP contribution < -0.4 is 5.32 Å². The van der Waals surface area contributed by atoms with E-state index in [0.29, 0.717) is 26.4 Å². The minimum atomic E-state index is 0.660. The Hall–Kier alpha value is -0.160. The first kappa shape index (κ1) is 19.8. The van der Waals surface area contributed by atoms with Crippen LogP contribution in [0.25, 0.3) is 0 Å². The molecule has 0 unspecified atom stereocenters. The highest BCUT2D eigenvalue weighted by Crippen LogP contribution is 1.96. The zero-order valence-electron chi connectivity index (χ0n) is 13.6. The summed E-state index contributed by atoms with van der Waals surface area (Å²) in [5.41, 5.74) is 0. The molecule has 0 fully saturated rings. The molecule has 0 amide bonds. The Bertz CT molecular complexity index is 150. The Morgan fingerprint density at radius 2 is 1.15 bits per heavy atom. The molecular weight excluding hydrogens is 254 g/mol. The van der Waals surface area contributed by atoms with E-state index in [4.69, 9.17) is 14.2 Å². The molecule has 0 heterocycles. The second-order valence-corrected chi connectivity index (χ2v) is 5.00. The molecule has 122 valence electrons. The van der Waals surface area contributed by atoms with Gasteiger partial charge in [0.25, 0.3) is 0 Å². The van der Waals surface area contributed by atoms with Crippen LogP contribution in [0.3, 0.4) is 0 Å². The Labute approximate surface area is 125 Å². The second kappa shape index (κ2) is 18.8. The minimum absolute atomic E-state index is 0.660. The monoisotopic (exact) mass is 289 g/mol. The van der Waals surface area contributed by atoms with Crippen LogP contribution in [-0.4, -0.2) is 52.7 Å². The number of ether oxygens (including phenoxy) is 3. The van der Waals surface area contributed by atoms with Crippen LogP contribution in [0.5, 0.6) is 0 Å². The number of rotatable bonds is 17. The molecule has 0 atom stereocenters. The molecule has 0 saturated heterocycles. The van der Waals surface area contributed by atoms with Crippen molar-refractivity contribution in [3.05, 3.63) is 0 Å². The normalized spacial score (nSPS) is 11.1.